The van der Waals surface area contributed by atoms with Crippen molar-refractivity contribution in [3.05, 3.63) is 99.8 Å². The van der Waals surface area contributed by atoms with Crippen LogP contribution in [0, 0.1) is 12.7 Å². The molecule has 3 aromatic carbocycles. The number of amides is 2. The molecule has 142 valence electrons. The van der Waals surface area contributed by atoms with Gasteiger partial charge in [0.1, 0.15) is 5.82 Å². The Morgan fingerprint density at radius 3 is 2.29 bits per heavy atom. The van der Waals surface area contributed by atoms with E-state index in [-0.39, 0.29) is 22.7 Å². The first kappa shape index (κ1) is 19.6. The van der Waals surface area contributed by atoms with Gasteiger partial charge in [0.2, 0.25) is 0 Å². The van der Waals surface area contributed by atoms with Crippen molar-refractivity contribution in [3.63, 3.8) is 0 Å². The summed E-state index contributed by atoms with van der Waals surface area (Å²) >= 11 is 6.03. The first-order valence-corrected chi connectivity index (χ1v) is 9.01. The zero-order chi connectivity index (χ0) is 20.1. The summed E-state index contributed by atoms with van der Waals surface area (Å²) in [5, 5.41) is 5.27. The van der Waals surface area contributed by atoms with Crippen molar-refractivity contribution < 1.29 is 14.0 Å². The normalized spacial score (nSPS) is 10.4. The third-order valence-corrected chi connectivity index (χ3v) is 4.46. The van der Waals surface area contributed by atoms with Crippen molar-refractivity contribution in [1.82, 2.24) is 5.32 Å². The molecule has 2 amide bonds. The van der Waals surface area contributed by atoms with Gasteiger partial charge in [-0.2, -0.15) is 0 Å². The maximum atomic E-state index is 14.3. The van der Waals surface area contributed by atoms with Gasteiger partial charge in [-0.15, -0.1) is 0 Å². The highest BCUT2D eigenvalue weighted by molar-refractivity contribution is 6.34. The highest BCUT2D eigenvalue weighted by Crippen LogP contribution is 2.22. The van der Waals surface area contributed by atoms with Gasteiger partial charge < -0.3 is 10.6 Å². The van der Waals surface area contributed by atoms with E-state index < -0.39 is 17.6 Å². The van der Waals surface area contributed by atoms with E-state index in [0.29, 0.717) is 5.69 Å². The number of carbonyl (C=O) groups excluding carboxylic acids is 2. The van der Waals surface area contributed by atoms with E-state index >= 15 is 0 Å². The SMILES string of the molecule is Cc1ccc(NC(=O)c2cc(C(=O)NCc3ccccc3)c(F)cc2Cl)cc1. The van der Waals surface area contributed by atoms with Crippen LogP contribution >= 0.6 is 11.6 Å². The largest absolute Gasteiger partial charge is 0.348 e. The standard InChI is InChI=1S/C22H18ClFN2O2/c1-14-7-9-16(10-8-14)26-22(28)17-11-18(20(24)12-19(17)23)21(27)25-13-15-5-3-2-4-6-15/h2-12H,13H2,1H3,(H,25,27)(H,26,28). The molecule has 6 heteroatoms. The predicted molar refractivity (Wildman–Crippen MR) is 108 cm³/mol. The lowest BCUT2D eigenvalue weighted by molar-refractivity contribution is 0.0947. The minimum absolute atomic E-state index is 0.0218. The van der Waals surface area contributed by atoms with Crippen LogP contribution in [-0.2, 0) is 6.54 Å². The smallest absolute Gasteiger partial charge is 0.257 e. The minimum Gasteiger partial charge on any atom is -0.348 e. The third-order valence-electron chi connectivity index (χ3n) is 4.15. The summed E-state index contributed by atoms with van der Waals surface area (Å²) in [7, 11) is 0. The zero-order valence-electron chi connectivity index (χ0n) is 15.1. The first-order valence-electron chi connectivity index (χ1n) is 8.63. The number of carbonyl (C=O) groups is 2. The fraction of sp³-hybridized carbons (Fsp3) is 0.0909. The molecule has 0 unspecified atom stereocenters. The monoisotopic (exact) mass is 396 g/mol. The number of nitrogens with one attached hydrogen (secondary N) is 2. The Morgan fingerprint density at radius 1 is 0.929 bits per heavy atom. The van der Waals surface area contributed by atoms with Gasteiger partial charge in [0.25, 0.3) is 11.8 Å². The Balaban J connectivity index is 1.78. The van der Waals surface area contributed by atoms with Crippen molar-refractivity contribution in [3.8, 4) is 0 Å². The van der Waals surface area contributed by atoms with Crippen LogP contribution in [0.5, 0.6) is 0 Å². The predicted octanol–water partition coefficient (Wildman–Crippen LogP) is 4.97. The van der Waals surface area contributed by atoms with E-state index in [1.807, 2.05) is 49.4 Å². The molecular weight excluding hydrogens is 379 g/mol. The Hall–Kier alpha value is -3.18. The molecule has 0 atom stereocenters. The maximum absolute atomic E-state index is 14.3. The number of rotatable bonds is 5. The number of hydrogen-bond donors (Lipinski definition) is 2. The summed E-state index contributed by atoms with van der Waals surface area (Å²) in [6, 6.07) is 18.6. The molecule has 0 aromatic heterocycles. The van der Waals surface area contributed by atoms with Gasteiger partial charge in [0.05, 0.1) is 16.1 Å². The van der Waals surface area contributed by atoms with Gasteiger partial charge in [0, 0.05) is 12.2 Å². The van der Waals surface area contributed by atoms with Crippen molar-refractivity contribution in [1.29, 1.82) is 0 Å². The van der Waals surface area contributed by atoms with E-state index in [1.54, 1.807) is 12.1 Å². The highest BCUT2D eigenvalue weighted by Gasteiger charge is 2.19. The molecule has 3 aromatic rings. The summed E-state index contributed by atoms with van der Waals surface area (Å²) in [6.07, 6.45) is 0. The molecule has 0 fully saturated rings. The number of halogens is 2. The molecule has 0 heterocycles. The Labute approximate surface area is 167 Å². The van der Waals surface area contributed by atoms with Gasteiger partial charge in [-0.1, -0.05) is 59.6 Å². The van der Waals surface area contributed by atoms with E-state index in [0.717, 1.165) is 17.2 Å². The lowest BCUT2D eigenvalue weighted by atomic mass is 10.1. The van der Waals surface area contributed by atoms with Crippen LogP contribution < -0.4 is 10.6 Å². The fourth-order valence-corrected chi connectivity index (χ4v) is 2.84. The summed E-state index contributed by atoms with van der Waals surface area (Å²) in [5.41, 5.74) is 2.28. The van der Waals surface area contributed by atoms with E-state index in [4.69, 9.17) is 11.6 Å². The molecule has 0 aliphatic heterocycles. The molecule has 0 bridgehead atoms. The molecule has 0 spiro atoms. The Morgan fingerprint density at radius 2 is 1.61 bits per heavy atom. The summed E-state index contributed by atoms with van der Waals surface area (Å²) in [6.45, 7) is 2.18. The van der Waals surface area contributed by atoms with E-state index in [1.165, 1.54) is 6.07 Å². The van der Waals surface area contributed by atoms with Crippen molar-refractivity contribution in [2.75, 3.05) is 5.32 Å². The van der Waals surface area contributed by atoms with Crippen LogP contribution in [0.15, 0.2) is 66.7 Å². The number of benzene rings is 3. The molecule has 0 aliphatic carbocycles. The summed E-state index contributed by atoms with van der Waals surface area (Å²) in [5.74, 6) is -1.93. The maximum Gasteiger partial charge on any atom is 0.257 e. The molecule has 0 radical (unpaired) electrons. The second-order valence-corrected chi connectivity index (χ2v) is 6.71. The van der Waals surface area contributed by atoms with Crippen LogP contribution in [0.1, 0.15) is 31.8 Å². The van der Waals surface area contributed by atoms with Crippen LogP contribution in [0.25, 0.3) is 0 Å². The minimum atomic E-state index is -0.789. The van der Waals surface area contributed by atoms with Crippen molar-refractivity contribution >= 4 is 29.1 Å². The molecule has 0 saturated carbocycles. The summed E-state index contributed by atoms with van der Waals surface area (Å²) in [4.78, 5) is 24.9. The Kier molecular flexibility index (Phi) is 6.06. The fourth-order valence-electron chi connectivity index (χ4n) is 2.61. The summed E-state index contributed by atoms with van der Waals surface area (Å²) < 4.78 is 14.3. The van der Waals surface area contributed by atoms with Crippen molar-refractivity contribution in [2.45, 2.75) is 13.5 Å². The van der Waals surface area contributed by atoms with Gasteiger partial charge in [-0.3, -0.25) is 9.59 Å². The van der Waals surface area contributed by atoms with Crippen LogP contribution in [-0.4, -0.2) is 11.8 Å². The molecule has 4 nitrogen and oxygen atoms in total. The lowest BCUT2D eigenvalue weighted by Crippen LogP contribution is -2.24. The third kappa shape index (κ3) is 4.75. The quantitative estimate of drug-likeness (QED) is 0.639. The lowest BCUT2D eigenvalue weighted by Gasteiger charge is -2.11. The van der Waals surface area contributed by atoms with Crippen LogP contribution in [0.2, 0.25) is 5.02 Å². The number of hydrogen-bond acceptors (Lipinski definition) is 2. The second kappa shape index (κ2) is 8.67. The van der Waals surface area contributed by atoms with Crippen molar-refractivity contribution in [2.24, 2.45) is 0 Å². The molecule has 0 saturated heterocycles. The van der Waals surface area contributed by atoms with Gasteiger partial charge in [-0.05, 0) is 36.8 Å². The number of anilines is 1. The molecule has 28 heavy (non-hydrogen) atoms. The molecule has 3 rings (SSSR count). The molecular formula is C22H18ClFN2O2. The average Bonchev–Trinajstić information content (AvgIpc) is 2.68. The topological polar surface area (TPSA) is 58.2 Å². The first-order chi connectivity index (χ1) is 13.4. The highest BCUT2D eigenvalue weighted by atomic mass is 35.5. The van der Waals surface area contributed by atoms with E-state index in [9.17, 15) is 14.0 Å². The molecule has 0 aliphatic rings. The number of aryl methyl sites for hydroxylation is 1. The van der Waals surface area contributed by atoms with Gasteiger partial charge in [-0.25, -0.2) is 4.39 Å². The van der Waals surface area contributed by atoms with Crippen LogP contribution in [0.4, 0.5) is 10.1 Å². The van der Waals surface area contributed by atoms with Gasteiger partial charge >= 0.3 is 0 Å². The average molecular weight is 397 g/mol. The molecule has 2 N–H and O–H groups in total. The van der Waals surface area contributed by atoms with Crippen LogP contribution in [0.3, 0.4) is 0 Å². The van der Waals surface area contributed by atoms with Gasteiger partial charge in [0.15, 0.2) is 0 Å². The second-order valence-electron chi connectivity index (χ2n) is 6.30. The van der Waals surface area contributed by atoms with E-state index in [2.05, 4.69) is 10.6 Å². The Bertz CT molecular complexity index is 1010. The zero-order valence-corrected chi connectivity index (χ0v) is 15.9.